The molecule has 10 N–H and O–H groups in total. The smallest absolute Gasteiger partial charge is 0.371 e. The first-order valence-electron chi connectivity index (χ1n) is 14.2. The van der Waals surface area contributed by atoms with Crippen LogP contribution >= 0.6 is 0 Å². The van der Waals surface area contributed by atoms with Crippen LogP contribution in [0.4, 0.5) is 0 Å². The van der Waals surface area contributed by atoms with E-state index >= 15 is 0 Å². The standard InChI is InChI=1S/C30H30O17/c1-9-20(34)22(36)24(38)29(43-9)42-8-18-21(35)23(37)25(39)30(46-18)47-27-12-7-17(28(40)41)44-15-5-11(31)6-16(19(12)15)45-26(27)10-2-3-13(32)14(33)4-10/h2-7,9,18,20-25,29-30,32-39H,8H2,1H3,(H,40,41)/p+1/t9-,18+,20-,21+,22+,23-,24+,25+,29+,30-/m0/s1. The average molecular weight is 664 g/mol. The first-order chi connectivity index (χ1) is 22.2. The van der Waals surface area contributed by atoms with Gasteiger partial charge in [-0.3, -0.25) is 4.79 Å². The number of benzene rings is 2. The minimum Gasteiger partial charge on any atom is -0.504 e. The molecule has 0 saturated carbocycles. The summed E-state index contributed by atoms with van der Waals surface area (Å²) in [6, 6.07) is 6.96. The summed E-state index contributed by atoms with van der Waals surface area (Å²) in [6.45, 7) is 0.844. The van der Waals surface area contributed by atoms with Crippen molar-refractivity contribution in [3.8, 4) is 28.6 Å². The lowest BCUT2D eigenvalue weighted by atomic mass is 9.98. The van der Waals surface area contributed by atoms with Gasteiger partial charge in [0.15, 0.2) is 29.3 Å². The fraction of sp³-hybridized carbons (Fsp3) is 0.400. The molecular formula is C30H31O17+. The SMILES string of the molecule is C[C@@H]1O[C@@H](OC[C@H]2O[C@@H](Oc3c(-c4ccc(O)c(O)c4)oc4cc(=[OH+])cc5oc(C(=O)O)cc3c54)[C@H](O)[C@@H](O)[C@@H]2O)[C@H](O)[C@H](O)[C@H]1O. The van der Waals surface area contributed by atoms with Gasteiger partial charge in [0.2, 0.25) is 12.1 Å². The zero-order chi connectivity index (χ0) is 33.9. The molecule has 2 aromatic carbocycles. The van der Waals surface area contributed by atoms with E-state index in [0.717, 1.165) is 24.3 Å². The van der Waals surface area contributed by atoms with Gasteiger partial charge in [-0.05, 0) is 25.1 Å². The average Bonchev–Trinajstić information content (AvgIpc) is 3.03. The molecule has 4 aromatic rings. The van der Waals surface area contributed by atoms with E-state index in [2.05, 4.69) is 0 Å². The summed E-state index contributed by atoms with van der Waals surface area (Å²) < 4.78 is 34.2. The molecular weight excluding hydrogens is 632 g/mol. The van der Waals surface area contributed by atoms with Gasteiger partial charge >= 0.3 is 11.4 Å². The summed E-state index contributed by atoms with van der Waals surface area (Å²) in [5.74, 6) is -3.66. The maximum absolute atomic E-state index is 12.0. The number of aromatic carboxylic acids is 1. The molecule has 252 valence electrons. The monoisotopic (exact) mass is 663 g/mol. The Morgan fingerprint density at radius 2 is 1.47 bits per heavy atom. The normalized spacial score (nSPS) is 31.3. The lowest BCUT2D eigenvalue weighted by Gasteiger charge is -2.42. The fourth-order valence-corrected chi connectivity index (χ4v) is 5.50. The molecule has 2 aliphatic rings. The second-order valence-corrected chi connectivity index (χ2v) is 11.3. The topological polar surface area (TPSA) is 284 Å². The van der Waals surface area contributed by atoms with Gasteiger partial charge in [-0.25, -0.2) is 4.79 Å². The number of aliphatic hydroxyl groups is 6. The van der Waals surface area contributed by atoms with Gasteiger partial charge in [-0.1, -0.05) is 0 Å². The number of phenols is 2. The second-order valence-electron chi connectivity index (χ2n) is 11.3. The first kappa shape index (κ1) is 32.6. The highest BCUT2D eigenvalue weighted by Crippen LogP contribution is 2.44. The molecule has 4 heterocycles. The van der Waals surface area contributed by atoms with Gasteiger partial charge in [0.1, 0.15) is 53.9 Å². The van der Waals surface area contributed by atoms with Crippen molar-refractivity contribution in [3.05, 3.63) is 47.6 Å². The third-order valence-corrected chi connectivity index (χ3v) is 8.06. The zero-order valence-electron chi connectivity index (χ0n) is 24.3. The summed E-state index contributed by atoms with van der Waals surface area (Å²) in [7, 11) is 0. The first-order valence-corrected chi connectivity index (χ1v) is 14.2. The van der Waals surface area contributed by atoms with Crippen LogP contribution < -0.4 is 10.2 Å². The quantitative estimate of drug-likeness (QED) is 0.0846. The Labute approximate surface area is 262 Å². The molecule has 0 unspecified atom stereocenters. The molecule has 6 rings (SSSR count). The van der Waals surface area contributed by atoms with Gasteiger partial charge in [0, 0.05) is 17.0 Å². The van der Waals surface area contributed by atoms with E-state index < -0.39 is 91.2 Å². The Morgan fingerprint density at radius 3 is 2.15 bits per heavy atom. The minimum atomic E-state index is -1.93. The van der Waals surface area contributed by atoms with Crippen LogP contribution in [0.15, 0.2) is 45.2 Å². The third-order valence-electron chi connectivity index (χ3n) is 8.06. The minimum absolute atomic E-state index is 0.00284. The Hall–Kier alpha value is -4.30. The molecule has 17 heteroatoms. The van der Waals surface area contributed by atoms with Crippen molar-refractivity contribution < 1.29 is 83.3 Å². The molecule has 2 aliphatic heterocycles. The number of aliphatic hydroxyl groups excluding tert-OH is 6. The fourth-order valence-electron chi connectivity index (χ4n) is 5.50. The van der Waals surface area contributed by atoms with Gasteiger partial charge in [0.05, 0.1) is 30.2 Å². The van der Waals surface area contributed by atoms with Crippen molar-refractivity contribution in [2.24, 2.45) is 0 Å². The second kappa shape index (κ2) is 12.4. The van der Waals surface area contributed by atoms with Crippen LogP contribution in [0.2, 0.25) is 0 Å². The Balaban J connectivity index is 1.41. The predicted molar refractivity (Wildman–Crippen MR) is 152 cm³/mol. The third kappa shape index (κ3) is 5.88. The maximum atomic E-state index is 12.0. The molecule has 0 spiro atoms. The van der Waals surface area contributed by atoms with Crippen molar-refractivity contribution >= 4 is 27.9 Å². The number of carbonyl (C=O) groups is 1. The molecule has 47 heavy (non-hydrogen) atoms. The Morgan fingerprint density at radius 1 is 0.809 bits per heavy atom. The maximum Gasteiger partial charge on any atom is 0.371 e. The predicted octanol–water partition coefficient (Wildman–Crippen LogP) is -1.01. The number of rotatable bonds is 7. The summed E-state index contributed by atoms with van der Waals surface area (Å²) in [5, 5.41) is 92.6. The number of hydrogen-bond donors (Lipinski definition) is 9. The van der Waals surface area contributed by atoms with E-state index in [1.165, 1.54) is 19.1 Å². The van der Waals surface area contributed by atoms with E-state index in [1.54, 1.807) is 0 Å². The highest BCUT2D eigenvalue weighted by molar-refractivity contribution is 6.11. The molecule has 2 fully saturated rings. The molecule has 17 nitrogen and oxygen atoms in total. The van der Waals surface area contributed by atoms with Gasteiger partial charge in [0.25, 0.3) is 0 Å². The lowest BCUT2D eigenvalue weighted by molar-refractivity contribution is -0.318. The van der Waals surface area contributed by atoms with Crippen LogP contribution in [0.1, 0.15) is 17.5 Å². The molecule has 2 aromatic heterocycles. The van der Waals surface area contributed by atoms with Crippen LogP contribution in [0.5, 0.6) is 17.2 Å². The number of ether oxygens (including phenoxy) is 4. The highest BCUT2D eigenvalue weighted by atomic mass is 16.7. The molecule has 0 aliphatic carbocycles. The molecule has 0 bridgehead atoms. The highest BCUT2D eigenvalue weighted by Gasteiger charge is 2.47. The molecule has 10 atom stereocenters. The Bertz CT molecular complexity index is 1860. The Kier molecular flexibility index (Phi) is 8.60. The number of phenolic OH excluding ortho intramolecular Hbond substituents is 2. The van der Waals surface area contributed by atoms with Crippen molar-refractivity contribution in [1.82, 2.24) is 0 Å². The summed E-state index contributed by atoms with van der Waals surface area (Å²) >= 11 is 0. The van der Waals surface area contributed by atoms with Crippen LogP contribution in [0.25, 0.3) is 33.3 Å². The van der Waals surface area contributed by atoms with Crippen LogP contribution in [0, 0.1) is 0 Å². The lowest BCUT2D eigenvalue weighted by Crippen LogP contribution is -2.61. The van der Waals surface area contributed by atoms with Crippen LogP contribution in [-0.2, 0) is 14.2 Å². The van der Waals surface area contributed by atoms with Gasteiger partial charge in [-0.15, -0.1) is 0 Å². The zero-order valence-corrected chi connectivity index (χ0v) is 24.3. The van der Waals surface area contributed by atoms with Crippen LogP contribution in [0.3, 0.4) is 0 Å². The summed E-state index contributed by atoms with van der Waals surface area (Å²) in [5.41, 5.74) is -0.441. The number of carboxylic acid groups (broad SMARTS) is 1. The number of carboxylic acids is 1. The largest absolute Gasteiger partial charge is 0.504 e. The number of hydrogen-bond acceptors (Lipinski definition) is 15. The molecule has 2 saturated heterocycles. The van der Waals surface area contributed by atoms with E-state index in [1.807, 2.05) is 0 Å². The van der Waals surface area contributed by atoms with E-state index in [-0.39, 0.29) is 44.4 Å². The van der Waals surface area contributed by atoms with Crippen molar-refractivity contribution in [3.63, 3.8) is 0 Å². The number of aromatic hydroxyl groups is 2. The van der Waals surface area contributed by atoms with E-state index in [9.17, 15) is 55.5 Å². The van der Waals surface area contributed by atoms with Crippen molar-refractivity contribution in [1.29, 1.82) is 0 Å². The van der Waals surface area contributed by atoms with Gasteiger partial charge < -0.3 is 73.7 Å². The molecule has 0 radical (unpaired) electrons. The molecule has 0 amide bonds. The van der Waals surface area contributed by atoms with E-state index in [4.69, 9.17) is 27.8 Å². The van der Waals surface area contributed by atoms with E-state index in [0.29, 0.717) is 0 Å². The van der Waals surface area contributed by atoms with Crippen LogP contribution in [-0.4, -0.2) is 125 Å². The van der Waals surface area contributed by atoms with Gasteiger partial charge in [-0.2, -0.15) is 0 Å². The van der Waals surface area contributed by atoms with Crippen molar-refractivity contribution in [2.45, 2.75) is 68.3 Å². The summed E-state index contributed by atoms with van der Waals surface area (Å²) in [4.78, 5) is 22.3. The summed E-state index contributed by atoms with van der Waals surface area (Å²) in [6.07, 6.45) is -16.0. The van der Waals surface area contributed by atoms with Crippen molar-refractivity contribution in [2.75, 3.05) is 6.61 Å².